The molecule has 1 heterocycles. The molecule has 0 saturated carbocycles. The average Bonchev–Trinajstić information content (AvgIpc) is 2.83. The predicted molar refractivity (Wildman–Crippen MR) is 147 cm³/mol. The van der Waals surface area contributed by atoms with Crippen molar-refractivity contribution in [2.45, 2.75) is 92.5 Å². The van der Waals surface area contributed by atoms with Gasteiger partial charge in [-0.1, -0.05) is 56.3 Å². The molecule has 8 nitrogen and oxygen atoms in total. The maximum atomic E-state index is 13.5. The largest absolute Gasteiger partial charge is 0.485 e. The minimum atomic E-state index is -0.636. The standard InChI is InChI=1S/C29H40N2O6/c1-6-7-8-9-10-11-18-30-26-20-24(31(34)35)15-16-25(26)27(28(29(30)33)37-23(5)32)36-19-17-22(4)14-12-13-21(2)3/h13,15-17,20H,6-12,14,18-19H2,1-5H3/b22-17+. The van der Waals surface area contributed by atoms with E-state index < -0.39 is 16.5 Å². The Bertz CT molecular complexity index is 1210. The summed E-state index contributed by atoms with van der Waals surface area (Å²) in [5.41, 5.74) is 2.13. The highest BCUT2D eigenvalue weighted by atomic mass is 16.6. The minimum absolute atomic E-state index is 0.121. The van der Waals surface area contributed by atoms with Gasteiger partial charge in [-0.3, -0.25) is 19.7 Å². The van der Waals surface area contributed by atoms with Gasteiger partial charge in [0.05, 0.1) is 10.4 Å². The number of unbranched alkanes of at least 4 members (excludes halogenated alkanes) is 5. The number of aromatic nitrogens is 1. The zero-order valence-corrected chi connectivity index (χ0v) is 22.8. The van der Waals surface area contributed by atoms with Crippen molar-refractivity contribution in [1.29, 1.82) is 0 Å². The number of aryl methyl sites for hydroxylation is 1. The van der Waals surface area contributed by atoms with Gasteiger partial charge in [-0.25, -0.2) is 0 Å². The smallest absolute Gasteiger partial charge is 0.308 e. The molecule has 0 radical (unpaired) electrons. The molecule has 0 saturated heterocycles. The van der Waals surface area contributed by atoms with Gasteiger partial charge in [0.15, 0.2) is 5.75 Å². The quantitative estimate of drug-likeness (QED) is 0.0818. The lowest BCUT2D eigenvalue weighted by Crippen LogP contribution is -2.25. The number of hydrogen-bond donors (Lipinski definition) is 0. The third-order valence-electron chi connectivity index (χ3n) is 6.10. The van der Waals surface area contributed by atoms with E-state index >= 15 is 0 Å². The molecule has 37 heavy (non-hydrogen) atoms. The van der Waals surface area contributed by atoms with Crippen molar-refractivity contribution >= 4 is 22.6 Å². The lowest BCUT2D eigenvalue weighted by atomic mass is 10.1. The van der Waals surface area contributed by atoms with Crippen LogP contribution in [0.1, 0.15) is 86.0 Å². The van der Waals surface area contributed by atoms with Crippen LogP contribution in [-0.4, -0.2) is 22.1 Å². The van der Waals surface area contributed by atoms with E-state index in [-0.39, 0.29) is 23.8 Å². The summed E-state index contributed by atoms with van der Waals surface area (Å²) in [7, 11) is 0. The second-order valence-electron chi connectivity index (χ2n) is 9.62. The van der Waals surface area contributed by atoms with E-state index in [1.165, 1.54) is 35.6 Å². The number of non-ortho nitro benzene ring substituents is 1. The van der Waals surface area contributed by atoms with Crippen molar-refractivity contribution < 1.29 is 19.2 Å². The maximum absolute atomic E-state index is 13.5. The number of benzene rings is 1. The number of nitro groups is 1. The maximum Gasteiger partial charge on any atom is 0.308 e. The topological polar surface area (TPSA) is 101 Å². The first kappa shape index (κ1) is 29.8. The number of carbonyl (C=O) groups is 1. The lowest BCUT2D eigenvalue weighted by molar-refractivity contribution is -0.384. The number of allylic oxidation sites excluding steroid dienone is 3. The van der Waals surface area contributed by atoms with E-state index in [1.54, 1.807) is 6.07 Å². The summed E-state index contributed by atoms with van der Waals surface area (Å²) in [6.45, 7) is 10.0. The molecule has 2 rings (SSSR count). The highest BCUT2D eigenvalue weighted by Gasteiger charge is 2.23. The lowest BCUT2D eigenvalue weighted by Gasteiger charge is -2.17. The number of pyridine rings is 1. The summed E-state index contributed by atoms with van der Waals surface area (Å²) in [6, 6.07) is 4.31. The molecule has 1 aromatic carbocycles. The molecule has 1 aromatic heterocycles. The fraction of sp³-hybridized carbons (Fsp3) is 0.517. The average molecular weight is 513 g/mol. The van der Waals surface area contributed by atoms with Gasteiger partial charge in [-0.2, -0.15) is 0 Å². The molecule has 0 fully saturated rings. The normalized spacial score (nSPS) is 11.4. The Morgan fingerprint density at radius 2 is 1.73 bits per heavy atom. The van der Waals surface area contributed by atoms with Crippen LogP contribution >= 0.6 is 0 Å². The number of carbonyl (C=O) groups excluding carboxylic acids is 1. The molecule has 0 N–H and O–H groups in total. The van der Waals surface area contributed by atoms with Gasteiger partial charge in [0.1, 0.15) is 6.61 Å². The van der Waals surface area contributed by atoms with Gasteiger partial charge in [0.2, 0.25) is 5.75 Å². The van der Waals surface area contributed by atoms with Crippen LogP contribution in [-0.2, 0) is 11.3 Å². The van der Waals surface area contributed by atoms with Crippen molar-refractivity contribution in [2.24, 2.45) is 0 Å². The Hall–Kier alpha value is -3.42. The molecule has 0 atom stereocenters. The summed E-state index contributed by atoms with van der Waals surface area (Å²) in [5.74, 6) is -0.698. The molecule has 0 aliphatic heterocycles. The number of rotatable bonds is 15. The first-order valence-corrected chi connectivity index (χ1v) is 13.1. The molecule has 0 unspecified atom stereocenters. The van der Waals surface area contributed by atoms with Crippen LogP contribution in [0, 0.1) is 10.1 Å². The van der Waals surface area contributed by atoms with Gasteiger partial charge >= 0.3 is 5.97 Å². The van der Waals surface area contributed by atoms with Gasteiger partial charge in [-0.05, 0) is 52.2 Å². The van der Waals surface area contributed by atoms with E-state index in [1.807, 2.05) is 13.0 Å². The van der Waals surface area contributed by atoms with E-state index in [0.29, 0.717) is 17.4 Å². The highest BCUT2D eigenvalue weighted by molar-refractivity contribution is 5.90. The van der Waals surface area contributed by atoms with E-state index in [4.69, 9.17) is 9.47 Å². The summed E-state index contributed by atoms with van der Waals surface area (Å²) >= 11 is 0. The molecule has 0 bridgehead atoms. The molecule has 2 aromatic rings. The second kappa shape index (κ2) is 15.0. The SMILES string of the molecule is CCCCCCCCn1c(=O)c(OC(C)=O)c(OC/C=C(\C)CCC=C(C)C)c2ccc([N+](=O)[O-])cc21. The van der Waals surface area contributed by atoms with Crippen molar-refractivity contribution in [1.82, 2.24) is 4.57 Å². The van der Waals surface area contributed by atoms with Gasteiger partial charge in [-0.15, -0.1) is 0 Å². The van der Waals surface area contributed by atoms with Crippen LogP contribution in [0.15, 0.2) is 46.3 Å². The Morgan fingerprint density at radius 1 is 1.03 bits per heavy atom. The number of hydrogen-bond acceptors (Lipinski definition) is 6. The third kappa shape index (κ3) is 9.19. The van der Waals surface area contributed by atoms with Crippen LogP contribution in [0.4, 0.5) is 5.69 Å². The van der Waals surface area contributed by atoms with E-state index in [2.05, 4.69) is 26.8 Å². The molecular formula is C29H40N2O6. The monoisotopic (exact) mass is 512 g/mol. The number of esters is 1. The third-order valence-corrected chi connectivity index (χ3v) is 6.10. The Balaban J connectivity index is 2.47. The minimum Gasteiger partial charge on any atom is -0.485 e. The Kier molecular flexibility index (Phi) is 12.1. The van der Waals surface area contributed by atoms with E-state index in [0.717, 1.165) is 50.5 Å². The molecular weight excluding hydrogens is 472 g/mol. The number of nitro benzene ring substituents is 1. The summed E-state index contributed by atoms with van der Waals surface area (Å²) in [6.07, 6.45) is 12.0. The highest BCUT2D eigenvalue weighted by Crippen LogP contribution is 2.35. The molecule has 0 spiro atoms. The van der Waals surface area contributed by atoms with Gasteiger partial charge in [0.25, 0.3) is 11.2 Å². The Morgan fingerprint density at radius 3 is 2.38 bits per heavy atom. The number of fused-ring (bicyclic) bond motifs is 1. The molecule has 202 valence electrons. The summed E-state index contributed by atoms with van der Waals surface area (Å²) < 4.78 is 12.8. The Labute approximate surface area is 219 Å². The van der Waals surface area contributed by atoms with Crippen molar-refractivity contribution in [3.8, 4) is 11.5 Å². The van der Waals surface area contributed by atoms with Crippen molar-refractivity contribution in [3.05, 3.63) is 62.0 Å². The second-order valence-corrected chi connectivity index (χ2v) is 9.62. The first-order valence-electron chi connectivity index (χ1n) is 13.1. The zero-order chi connectivity index (χ0) is 27.4. The van der Waals surface area contributed by atoms with Gasteiger partial charge < -0.3 is 14.0 Å². The van der Waals surface area contributed by atoms with Crippen LogP contribution < -0.4 is 15.0 Å². The van der Waals surface area contributed by atoms with Crippen LogP contribution in [0.3, 0.4) is 0 Å². The summed E-state index contributed by atoms with van der Waals surface area (Å²) in [4.78, 5) is 36.4. The van der Waals surface area contributed by atoms with Crippen LogP contribution in [0.5, 0.6) is 11.5 Å². The molecule has 0 amide bonds. The fourth-order valence-corrected chi connectivity index (χ4v) is 4.11. The van der Waals surface area contributed by atoms with Crippen LogP contribution in [0.2, 0.25) is 0 Å². The number of nitrogens with zero attached hydrogens (tertiary/aromatic N) is 2. The fourth-order valence-electron chi connectivity index (χ4n) is 4.11. The van der Waals surface area contributed by atoms with Crippen molar-refractivity contribution in [3.63, 3.8) is 0 Å². The molecule has 8 heteroatoms. The molecule has 0 aliphatic rings. The zero-order valence-electron chi connectivity index (χ0n) is 22.8. The van der Waals surface area contributed by atoms with Crippen molar-refractivity contribution in [2.75, 3.05) is 6.61 Å². The first-order chi connectivity index (χ1) is 17.6. The predicted octanol–water partition coefficient (Wildman–Crippen LogP) is 7.27. The van der Waals surface area contributed by atoms with E-state index in [9.17, 15) is 19.7 Å². The number of ether oxygens (including phenoxy) is 2. The summed E-state index contributed by atoms with van der Waals surface area (Å²) in [5, 5.41) is 12.0. The molecule has 0 aliphatic carbocycles. The van der Waals surface area contributed by atoms with Crippen LogP contribution in [0.25, 0.3) is 10.9 Å². The van der Waals surface area contributed by atoms with Gasteiger partial charge in [0, 0.05) is 31.0 Å².